The highest BCUT2D eigenvalue weighted by Gasteiger charge is 2.47. The number of likely N-dealkylation sites (tertiary alicyclic amines) is 1. The van der Waals surface area contributed by atoms with E-state index in [-0.39, 0.29) is 11.5 Å². The van der Waals surface area contributed by atoms with Crippen molar-refractivity contribution in [3.63, 3.8) is 0 Å². The van der Waals surface area contributed by atoms with Gasteiger partial charge in [0.25, 0.3) is 0 Å². The molecule has 180 valence electrons. The maximum atomic E-state index is 12.2. The number of ether oxygens (including phenoxy) is 2. The van der Waals surface area contributed by atoms with Crippen LogP contribution in [-0.4, -0.2) is 51.6 Å². The zero-order valence-electron chi connectivity index (χ0n) is 19.6. The molecule has 1 heterocycles. The molecule has 0 radical (unpaired) electrons. The molecule has 1 saturated carbocycles. The number of hydrogen-bond donors (Lipinski definition) is 1. The van der Waals surface area contributed by atoms with E-state index in [2.05, 4.69) is 16.9 Å². The Morgan fingerprint density at radius 1 is 1.09 bits per heavy atom. The number of nitrogens with zero attached hydrogens (tertiary/aromatic N) is 1. The Kier molecular flexibility index (Phi) is 8.37. The number of carbonyl (C=O) groups excluding carboxylic acids is 1. The minimum Gasteiger partial charge on any atom is -0.475 e. The monoisotopic (exact) mass is 474 g/mol. The summed E-state index contributed by atoms with van der Waals surface area (Å²) in [5.74, 6) is 0.568. The van der Waals surface area contributed by atoms with Gasteiger partial charge in [0.05, 0.1) is 12.9 Å². The molecular formula is C25H34N2O5S. The van der Waals surface area contributed by atoms with E-state index in [0.29, 0.717) is 25.4 Å². The first-order valence-electron chi connectivity index (χ1n) is 11.4. The Morgan fingerprint density at radius 2 is 1.76 bits per heavy atom. The van der Waals surface area contributed by atoms with Crippen LogP contribution < -0.4 is 9.46 Å². The third kappa shape index (κ3) is 7.75. The fraction of sp³-hybridized carbons (Fsp3) is 0.480. The number of nitrogens with one attached hydrogen (secondary N) is 1. The number of amides is 1. The van der Waals surface area contributed by atoms with E-state index in [1.807, 2.05) is 36.4 Å². The van der Waals surface area contributed by atoms with Gasteiger partial charge in [-0.25, -0.2) is 13.2 Å². The largest absolute Gasteiger partial charge is 0.475 e. The van der Waals surface area contributed by atoms with Crippen molar-refractivity contribution in [2.45, 2.75) is 51.2 Å². The number of sulfonamides is 1. The Morgan fingerprint density at radius 3 is 2.33 bits per heavy atom. The Hall–Kier alpha value is -2.58. The summed E-state index contributed by atoms with van der Waals surface area (Å²) in [4.78, 5) is 13.9. The molecule has 1 unspecified atom stereocenters. The van der Waals surface area contributed by atoms with E-state index in [0.717, 1.165) is 18.2 Å². The van der Waals surface area contributed by atoms with Crippen molar-refractivity contribution in [3.05, 3.63) is 65.7 Å². The third-order valence-corrected chi connectivity index (χ3v) is 6.15. The standard InChI is InChI=1S/C22H28N2O5S.C3H6/c1-4-28-21(25)24-15-22(16-24,14-18-9-6-5-7-10-18)19-11-8-12-20(13-19)29-17(2)23-30(3,26)27;1-2-3-1/h5-13,17,23H,4,14-16H2,1-3H3;1-3H2. The average Bonchev–Trinajstić information content (AvgIpc) is 3.59. The fourth-order valence-electron chi connectivity index (χ4n) is 3.84. The molecule has 1 saturated heterocycles. The van der Waals surface area contributed by atoms with Crippen LogP contribution in [-0.2, 0) is 26.6 Å². The minimum atomic E-state index is -3.37. The lowest BCUT2D eigenvalue weighted by molar-refractivity contribution is 0.0391. The van der Waals surface area contributed by atoms with Crippen LogP contribution in [0.25, 0.3) is 0 Å². The van der Waals surface area contributed by atoms with Crippen molar-refractivity contribution in [2.24, 2.45) is 0 Å². The molecule has 1 N–H and O–H groups in total. The Balaban J connectivity index is 0.000000942. The number of carbonyl (C=O) groups is 1. The fourth-order valence-corrected chi connectivity index (χ4v) is 4.49. The van der Waals surface area contributed by atoms with Gasteiger partial charge in [0.1, 0.15) is 5.75 Å². The average molecular weight is 475 g/mol. The first kappa shape index (κ1) is 25.1. The highest BCUT2D eigenvalue weighted by Crippen LogP contribution is 2.39. The summed E-state index contributed by atoms with van der Waals surface area (Å²) in [5, 5.41) is 0. The number of hydrogen-bond acceptors (Lipinski definition) is 5. The van der Waals surface area contributed by atoms with E-state index in [4.69, 9.17) is 9.47 Å². The first-order valence-corrected chi connectivity index (χ1v) is 13.3. The van der Waals surface area contributed by atoms with Crippen molar-refractivity contribution in [1.29, 1.82) is 0 Å². The summed E-state index contributed by atoms with van der Waals surface area (Å²) in [6.45, 7) is 4.86. The van der Waals surface area contributed by atoms with Gasteiger partial charge in [0.15, 0.2) is 6.23 Å². The van der Waals surface area contributed by atoms with Crippen LogP contribution in [0.3, 0.4) is 0 Å². The second kappa shape index (κ2) is 11.0. The summed E-state index contributed by atoms with van der Waals surface area (Å²) in [6, 6.07) is 17.8. The third-order valence-electron chi connectivity index (χ3n) is 5.39. The lowest BCUT2D eigenvalue weighted by Crippen LogP contribution is -2.62. The maximum Gasteiger partial charge on any atom is 0.409 e. The molecule has 0 aromatic heterocycles. The molecule has 33 heavy (non-hydrogen) atoms. The highest BCUT2D eigenvalue weighted by atomic mass is 32.2. The van der Waals surface area contributed by atoms with Gasteiger partial charge < -0.3 is 14.4 Å². The molecule has 2 aromatic carbocycles. The zero-order valence-corrected chi connectivity index (χ0v) is 20.4. The molecule has 1 atom stereocenters. The van der Waals surface area contributed by atoms with Gasteiger partial charge >= 0.3 is 6.09 Å². The lowest BCUT2D eigenvalue weighted by Gasteiger charge is -2.50. The van der Waals surface area contributed by atoms with Crippen LogP contribution >= 0.6 is 0 Å². The number of rotatable bonds is 8. The van der Waals surface area contributed by atoms with Crippen LogP contribution in [0.2, 0.25) is 0 Å². The summed E-state index contributed by atoms with van der Waals surface area (Å²) < 4.78 is 36.2. The molecule has 8 heteroatoms. The van der Waals surface area contributed by atoms with Gasteiger partial charge in [0, 0.05) is 18.5 Å². The molecule has 2 fully saturated rings. The van der Waals surface area contributed by atoms with Crippen LogP contribution in [0.5, 0.6) is 5.75 Å². The summed E-state index contributed by atoms with van der Waals surface area (Å²) in [6.07, 6.45) is 5.36. The van der Waals surface area contributed by atoms with E-state index < -0.39 is 16.3 Å². The molecule has 1 amide bonds. The minimum absolute atomic E-state index is 0.263. The van der Waals surface area contributed by atoms with E-state index in [1.165, 1.54) is 24.8 Å². The quantitative estimate of drug-likeness (QED) is 0.583. The predicted molar refractivity (Wildman–Crippen MR) is 129 cm³/mol. The molecular weight excluding hydrogens is 440 g/mol. The molecule has 0 bridgehead atoms. The van der Waals surface area contributed by atoms with Crippen LogP contribution in [0, 0.1) is 0 Å². The molecule has 1 aliphatic carbocycles. The second-order valence-electron chi connectivity index (χ2n) is 8.74. The molecule has 1 aliphatic heterocycles. The van der Waals surface area contributed by atoms with E-state index >= 15 is 0 Å². The van der Waals surface area contributed by atoms with Crippen molar-refractivity contribution in [2.75, 3.05) is 26.0 Å². The maximum absolute atomic E-state index is 12.2. The normalized spacial score (nSPS) is 17.1. The summed E-state index contributed by atoms with van der Waals surface area (Å²) in [5.41, 5.74) is 1.96. The van der Waals surface area contributed by atoms with Crippen molar-refractivity contribution < 1.29 is 22.7 Å². The van der Waals surface area contributed by atoms with Crippen molar-refractivity contribution >= 4 is 16.1 Å². The van der Waals surface area contributed by atoms with Gasteiger partial charge in [0.2, 0.25) is 10.0 Å². The highest BCUT2D eigenvalue weighted by molar-refractivity contribution is 7.88. The van der Waals surface area contributed by atoms with Crippen molar-refractivity contribution in [3.8, 4) is 5.75 Å². The molecule has 4 rings (SSSR count). The van der Waals surface area contributed by atoms with Gasteiger partial charge in [-0.15, -0.1) is 0 Å². The second-order valence-corrected chi connectivity index (χ2v) is 10.5. The molecule has 2 aromatic rings. The van der Waals surface area contributed by atoms with Crippen molar-refractivity contribution in [1.82, 2.24) is 9.62 Å². The Labute approximate surface area is 197 Å². The lowest BCUT2D eigenvalue weighted by atomic mass is 9.69. The SMILES string of the molecule is C1CC1.CCOC(=O)N1CC(Cc2ccccc2)(c2cccc(OC(C)NS(C)(=O)=O)c2)C1. The molecule has 7 nitrogen and oxygen atoms in total. The zero-order chi connectivity index (χ0) is 23.9. The Bertz CT molecular complexity index is 1020. The number of benzene rings is 2. The van der Waals surface area contributed by atoms with Gasteiger partial charge in [-0.1, -0.05) is 61.7 Å². The van der Waals surface area contributed by atoms with Gasteiger partial charge in [-0.2, -0.15) is 4.72 Å². The van der Waals surface area contributed by atoms with Crippen LogP contribution in [0.1, 0.15) is 44.2 Å². The smallest absolute Gasteiger partial charge is 0.409 e. The van der Waals surface area contributed by atoms with E-state index in [9.17, 15) is 13.2 Å². The molecule has 0 spiro atoms. The summed E-state index contributed by atoms with van der Waals surface area (Å²) in [7, 11) is -3.37. The van der Waals surface area contributed by atoms with Crippen LogP contribution in [0.15, 0.2) is 54.6 Å². The summed E-state index contributed by atoms with van der Waals surface area (Å²) >= 11 is 0. The van der Waals surface area contributed by atoms with Gasteiger partial charge in [-0.3, -0.25) is 0 Å². The van der Waals surface area contributed by atoms with Crippen LogP contribution in [0.4, 0.5) is 4.79 Å². The molecule has 2 aliphatic rings. The predicted octanol–water partition coefficient (Wildman–Crippen LogP) is 4.08. The topological polar surface area (TPSA) is 84.9 Å². The van der Waals surface area contributed by atoms with E-state index in [1.54, 1.807) is 24.8 Å². The first-order chi connectivity index (χ1) is 15.7. The van der Waals surface area contributed by atoms with Gasteiger partial charge in [-0.05, 0) is 43.5 Å².